The van der Waals surface area contributed by atoms with E-state index in [2.05, 4.69) is 18.7 Å². The smallest absolute Gasteiger partial charge is 0.225 e. The number of hydrogen-bond donors (Lipinski definition) is 1. The van der Waals surface area contributed by atoms with Crippen LogP contribution in [0.3, 0.4) is 0 Å². The summed E-state index contributed by atoms with van der Waals surface area (Å²) in [6.07, 6.45) is 8.03. The molecule has 0 aliphatic heterocycles. The average Bonchev–Trinajstić information content (AvgIpc) is 2.83. The van der Waals surface area contributed by atoms with Gasteiger partial charge in [0.2, 0.25) is 5.91 Å². The summed E-state index contributed by atoms with van der Waals surface area (Å²) >= 11 is 0. The van der Waals surface area contributed by atoms with Gasteiger partial charge < -0.3 is 10.6 Å². The fourth-order valence-corrected chi connectivity index (χ4v) is 2.96. The van der Waals surface area contributed by atoms with Crippen LogP contribution in [0.1, 0.15) is 65.7 Å². The number of carbonyl (C=O) groups excluding carboxylic acids is 1. The van der Waals surface area contributed by atoms with Crippen molar-refractivity contribution < 1.29 is 4.79 Å². The Morgan fingerprint density at radius 1 is 1.28 bits per heavy atom. The van der Waals surface area contributed by atoms with E-state index in [-0.39, 0.29) is 12.0 Å². The highest BCUT2D eigenvalue weighted by atomic mass is 16.2. The number of rotatable bonds is 7. The van der Waals surface area contributed by atoms with Crippen molar-refractivity contribution in [3.63, 3.8) is 0 Å². The maximum atomic E-state index is 12.4. The summed E-state index contributed by atoms with van der Waals surface area (Å²) in [5.74, 6) is 0.512. The molecule has 2 atom stereocenters. The summed E-state index contributed by atoms with van der Waals surface area (Å²) in [5, 5.41) is 0. The van der Waals surface area contributed by atoms with Gasteiger partial charge in [0.15, 0.2) is 0 Å². The molecule has 1 fully saturated rings. The van der Waals surface area contributed by atoms with Gasteiger partial charge in [-0.15, -0.1) is 0 Å². The van der Waals surface area contributed by atoms with Crippen LogP contribution in [0.15, 0.2) is 0 Å². The van der Waals surface area contributed by atoms with Gasteiger partial charge in [-0.3, -0.25) is 4.79 Å². The molecule has 1 aliphatic carbocycles. The minimum Gasteiger partial charge on any atom is -0.340 e. The molecule has 3 nitrogen and oxygen atoms in total. The highest BCUT2D eigenvalue weighted by Crippen LogP contribution is 2.25. The lowest BCUT2D eigenvalue weighted by atomic mass is 9.99. The molecular weight excluding hydrogens is 224 g/mol. The third-order valence-corrected chi connectivity index (χ3v) is 4.11. The van der Waals surface area contributed by atoms with Gasteiger partial charge in [-0.1, -0.05) is 26.2 Å². The van der Waals surface area contributed by atoms with E-state index in [9.17, 15) is 4.79 Å². The Kier molecular flexibility index (Phi) is 6.69. The molecule has 106 valence electrons. The Balaban J connectivity index is 2.39. The van der Waals surface area contributed by atoms with Crippen molar-refractivity contribution in [3.8, 4) is 0 Å². The van der Waals surface area contributed by atoms with Crippen molar-refractivity contribution in [2.75, 3.05) is 6.54 Å². The zero-order valence-electron chi connectivity index (χ0n) is 12.3. The van der Waals surface area contributed by atoms with E-state index in [4.69, 9.17) is 5.73 Å². The normalized spacial score (nSPS) is 19.8. The van der Waals surface area contributed by atoms with Gasteiger partial charge in [-0.2, -0.15) is 0 Å². The van der Waals surface area contributed by atoms with Crippen LogP contribution >= 0.6 is 0 Å². The van der Waals surface area contributed by atoms with E-state index in [1.807, 2.05) is 6.92 Å². The number of nitrogens with two attached hydrogens (primary N) is 1. The van der Waals surface area contributed by atoms with E-state index < -0.39 is 0 Å². The van der Waals surface area contributed by atoms with Crippen molar-refractivity contribution in [3.05, 3.63) is 0 Å². The first kappa shape index (κ1) is 15.5. The van der Waals surface area contributed by atoms with Crippen molar-refractivity contribution in [1.82, 2.24) is 4.90 Å². The van der Waals surface area contributed by atoms with Gasteiger partial charge in [0, 0.05) is 24.5 Å². The monoisotopic (exact) mass is 254 g/mol. The second kappa shape index (κ2) is 7.78. The lowest BCUT2D eigenvalue weighted by molar-refractivity contribution is -0.137. The minimum absolute atomic E-state index is 0.157. The fraction of sp³-hybridized carbons (Fsp3) is 0.933. The second-order valence-electron chi connectivity index (χ2n) is 5.87. The zero-order chi connectivity index (χ0) is 13.5. The van der Waals surface area contributed by atoms with Crippen LogP contribution in [0, 0.1) is 5.92 Å². The highest BCUT2D eigenvalue weighted by molar-refractivity contribution is 5.78. The molecular formula is C15H30N2O. The number of amides is 1. The second-order valence-corrected chi connectivity index (χ2v) is 5.87. The largest absolute Gasteiger partial charge is 0.340 e. The Bertz CT molecular complexity index is 247. The van der Waals surface area contributed by atoms with E-state index in [1.165, 1.54) is 25.7 Å². The van der Waals surface area contributed by atoms with Crippen molar-refractivity contribution in [2.45, 2.75) is 77.8 Å². The summed E-state index contributed by atoms with van der Waals surface area (Å²) in [6.45, 7) is 7.07. The maximum Gasteiger partial charge on any atom is 0.225 e. The van der Waals surface area contributed by atoms with E-state index in [0.29, 0.717) is 11.9 Å². The van der Waals surface area contributed by atoms with Crippen LogP contribution in [0.5, 0.6) is 0 Å². The third kappa shape index (κ3) is 4.60. The van der Waals surface area contributed by atoms with Crippen LogP contribution in [0.25, 0.3) is 0 Å². The highest BCUT2D eigenvalue weighted by Gasteiger charge is 2.27. The summed E-state index contributed by atoms with van der Waals surface area (Å²) in [7, 11) is 0. The van der Waals surface area contributed by atoms with Crippen molar-refractivity contribution >= 4 is 5.91 Å². The van der Waals surface area contributed by atoms with Crippen LogP contribution in [-0.4, -0.2) is 29.4 Å². The first-order valence-electron chi connectivity index (χ1n) is 7.62. The molecule has 18 heavy (non-hydrogen) atoms. The van der Waals surface area contributed by atoms with Gasteiger partial charge in [0.05, 0.1) is 0 Å². The van der Waals surface area contributed by atoms with E-state index in [1.54, 1.807) is 0 Å². The molecule has 1 rings (SSSR count). The Labute approximate surface area is 112 Å². The molecule has 1 aliphatic rings. The Morgan fingerprint density at radius 2 is 1.89 bits per heavy atom. The molecule has 0 aromatic carbocycles. The number of carbonyl (C=O) groups is 1. The van der Waals surface area contributed by atoms with Gasteiger partial charge in [-0.05, 0) is 39.5 Å². The Hall–Kier alpha value is -0.570. The summed E-state index contributed by atoms with van der Waals surface area (Å²) < 4.78 is 0. The maximum absolute atomic E-state index is 12.4. The van der Waals surface area contributed by atoms with Crippen LogP contribution in [-0.2, 0) is 4.79 Å². The zero-order valence-corrected chi connectivity index (χ0v) is 12.3. The summed E-state index contributed by atoms with van der Waals surface area (Å²) in [6, 6.07) is 0.766. The Morgan fingerprint density at radius 3 is 2.39 bits per heavy atom. The first-order chi connectivity index (χ1) is 8.56. The predicted molar refractivity (Wildman–Crippen MR) is 76.3 cm³/mol. The lowest BCUT2D eigenvalue weighted by Gasteiger charge is -2.30. The molecule has 0 saturated heterocycles. The number of hydrogen-bond acceptors (Lipinski definition) is 2. The molecule has 0 bridgehead atoms. The predicted octanol–water partition coefficient (Wildman–Crippen LogP) is 2.93. The van der Waals surface area contributed by atoms with Crippen molar-refractivity contribution in [2.24, 2.45) is 11.7 Å². The van der Waals surface area contributed by atoms with E-state index in [0.717, 1.165) is 25.8 Å². The molecule has 0 aromatic rings. The van der Waals surface area contributed by atoms with Gasteiger partial charge in [0.1, 0.15) is 0 Å². The summed E-state index contributed by atoms with van der Waals surface area (Å²) in [5.41, 5.74) is 5.74. The molecule has 1 saturated carbocycles. The molecule has 2 unspecified atom stereocenters. The third-order valence-electron chi connectivity index (χ3n) is 4.11. The van der Waals surface area contributed by atoms with Crippen LogP contribution in [0.2, 0.25) is 0 Å². The summed E-state index contributed by atoms with van der Waals surface area (Å²) in [4.78, 5) is 14.5. The fourth-order valence-electron chi connectivity index (χ4n) is 2.96. The molecule has 2 N–H and O–H groups in total. The standard InChI is InChI=1S/C15H30N2O/c1-4-17(14-10-5-6-11-14)15(18)12(2)8-7-9-13(3)16/h12-14H,4-11,16H2,1-3H3. The average molecular weight is 254 g/mol. The topological polar surface area (TPSA) is 46.3 Å². The SMILES string of the molecule is CCN(C(=O)C(C)CCCC(C)N)C1CCCC1. The lowest BCUT2D eigenvalue weighted by Crippen LogP contribution is -2.41. The number of nitrogens with zero attached hydrogens (tertiary/aromatic N) is 1. The van der Waals surface area contributed by atoms with Crippen LogP contribution < -0.4 is 5.73 Å². The van der Waals surface area contributed by atoms with E-state index >= 15 is 0 Å². The molecule has 0 radical (unpaired) electrons. The minimum atomic E-state index is 0.157. The molecule has 1 amide bonds. The molecule has 0 spiro atoms. The van der Waals surface area contributed by atoms with Gasteiger partial charge in [0.25, 0.3) is 0 Å². The molecule has 0 aromatic heterocycles. The van der Waals surface area contributed by atoms with Crippen LogP contribution in [0.4, 0.5) is 0 Å². The van der Waals surface area contributed by atoms with Crippen molar-refractivity contribution in [1.29, 1.82) is 0 Å². The van der Waals surface area contributed by atoms with Gasteiger partial charge >= 0.3 is 0 Å². The van der Waals surface area contributed by atoms with Gasteiger partial charge in [-0.25, -0.2) is 0 Å². The first-order valence-corrected chi connectivity index (χ1v) is 7.62. The molecule has 3 heteroatoms. The quantitative estimate of drug-likeness (QED) is 0.759. The molecule has 0 heterocycles.